The number of esters is 1. The maximum Gasteiger partial charge on any atom is 0.305 e. The molecule has 0 aliphatic heterocycles. The summed E-state index contributed by atoms with van der Waals surface area (Å²) in [6.45, 7) is 16.4. The van der Waals surface area contributed by atoms with Crippen molar-refractivity contribution in [1.82, 2.24) is 0 Å². The van der Waals surface area contributed by atoms with Crippen molar-refractivity contribution in [2.75, 3.05) is 7.11 Å². The van der Waals surface area contributed by atoms with Crippen molar-refractivity contribution in [2.45, 2.75) is 83.4 Å². The molecular weight excluding hydrogens is 330 g/mol. The Morgan fingerprint density at radius 3 is 2.13 bits per heavy atom. The Morgan fingerprint density at radius 1 is 1.22 bits per heavy atom. The molecule has 0 radical (unpaired) electrons. The SMILES string of the molecule is COC(=O)CC[C@@H](/C=N/S(=O)C(C)(C)C)O[Si](C)(C)C(C)(C)C. The van der Waals surface area contributed by atoms with Crippen molar-refractivity contribution in [1.29, 1.82) is 0 Å². The summed E-state index contributed by atoms with van der Waals surface area (Å²) in [5.41, 5.74) is 0. The van der Waals surface area contributed by atoms with Crippen molar-refractivity contribution in [3.63, 3.8) is 0 Å². The van der Waals surface area contributed by atoms with Gasteiger partial charge in [-0.25, -0.2) is 4.21 Å². The minimum atomic E-state index is -2.01. The summed E-state index contributed by atoms with van der Waals surface area (Å²) < 4.78 is 26.8. The molecular formula is C16H33NO4SSi. The van der Waals surface area contributed by atoms with Gasteiger partial charge in [0.25, 0.3) is 0 Å². The summed E-state index contributed by atoms with van der Waals surface area (Å²) in [5, 5.41) is 0.0491. The molecule has 0 rings (SSSR count). The van der Waals surface area contributed by atoms with Crippen molar-refractivity contribution >= 4 is 31.5 Å². The molecule has 136 valence electrons. The monoisotopic (exact) mass is 363 g/mol. The molecule has 1 unspecified atom stereocenters. The van der Waals surface area contributed by atoms with E-state index < -0.39 is 24.1 Å². The highest BCUT2D eigenvalue weighted by Gasteiger charge is 2.39. The third-order valence-electron chi connectivity index (χ3n) is 3.96. The van der Waals surface area contributed by atoms with Gasteiger partial charge in [-0.3, -0.25) is 4.79 Å². The lowest BCUT2D eigenvalue weighted by molar-refractivity contribution is -0.141. The Kier molecular flexibility index (Phi) is 8.33. The fourth-order valence-corrected chi connectivity index (χ4v) is 3.21. The quantitative estimate of drug-likeness (QED) is 0.391. The molecule has 0 aromatic heterocycles. The first-order chi connectivity index (χ1) is 10.2. The van der Waals surface area contributed by atoms with Crippen molar-refractivity contribution in [3.05, 3.63) is 0 Å². The van der Waals surface area contributed by atoms with Gasteiger partial charge in [0.1, 0.15) is 11.0 Å². The van der Waals surface area contributed by atoms with Gasteiger partial charge in [-0.2, -0.15) is 4.40 Å². The average molecular weight is 364 g/mol. The van der Waals surface area contributed by atoms with Gasteiger partial charge < -0.3 is 9.16 Å². The second kappa shape index (κ2) is 8.53. The minimum absolute atomic E-state index is 0.0491. The molecule has 0 spiro atoms. The average Bonchev–Trinajstić information content (AvgIpc) is 2.38. The molecule has 23 heavy (non-hydrogen) atoms. The van der Waals surface area contributed by atoms with Crippen LogP contribution in [-0.2, 0) is 24.9 Å². The van der Waals surface area contributed by atoms with Gasteiger partial charge in [0, 0.05) is 12.6 Å². The van der Waals surface area contributed by atoms with Crippen LogP contribution < -0.4 is 0 Å². The van der Waals surface area contributed by atoms with Gasteiger partial charge in [0.15, 0.2) is 8.32 Å². The summed E-state index contributed by atoms with van der Waals surface area (Å²) in [6.07, 6.45) is 2.00. The number of hydrogen-bond acceptors (Lipinski definition) is 4. The first-order valence-electron chi connectivity index (χ1n) is 7.91. The second-order valence-electron chi connectivity index (χ2n) is 8.15. The first kappa shape index (κ1) is 22.5. The zero-order valence-electron chi connectivity index (χ0n) is 16.1. The van der Waals surface area contributed by atoms with Crippen LogP contribution in [0.3, 0.4) is 0 Å². The highest BCUT2D eigenvalue weighted by molar-refractivity contribution is 7.85. The number of nitrogens with zero attached hydrogens (tertiary/aromatic N) is 1. The summed E-state index contributed by atoms with van der Waals surface area (Å²) in [5.74, 6) is -0.279. The molecule has 0 saturated heterocycles. The van der Waals surface area contributed by atoms with E-state index in [0.717, 1.165) is 0 Å². The predicted molar refractivity (Wildman–Crippen MR) is 99.7 cm³/mol. The smallest absolute Gasteiger partial charge is 0.305 e. The van der Waals surface area contributed by atoms with Crippen LogP contribution in [0.5, 0.6) is 0 Å². The van der Waals surface area contributed by atoms with Gasteiger partial charge in [0.05, 0.1) is 18.0 Å². The molecule has 0 N–H and O–H groups in total. The highest BCUT2D eigenvalue weighted by Crippen LogP contribution is 2.37. The molecule has 0 saturated carbocycles. The number of methoxy groups -OCH3 is 1. The Balaban J connectivity index is 5.13. The van der Waals surface area contributed by atoms with E-state index in [2.05, 4.69) is 38.3 Å². The van der Waals surface area contributed by atoms with Gasteiger partial charge in [-0.15, -0.1) is 0 Å². The predicted octanol–water partition coefficient (Wildman–Crippen LogP) is 3.86. The lowest BCUT2D eigenvalue weighted by atomic mass is 10.2. The van der Waals surface area contributed by atoms with Gasteiger partial charge in [0.2, 0.25) is 0 Å². The molecule has 0 fully saturated rings. The largest absolute Gasteiger partial charge is 0.469 e. The number of rotatable bonds is 7. The molecule has 0 heterocycles. The highest BCUT2D eigenvalue weighted by atomic mass is 32.2. The standard InChI is InChI=1S/C16H33NO4SSi/c1-15(2,3)22(19)17-12-13(10-11-14(18)20-7)21-23(8,9)16(4,5)6/h12-13H,10-11H2,1-9H3/b17-12+/t13-,22?/m0/s1. The van der Waals surface area contributed by atoms with Crippen molar-refractivity contribution in [2.24, 2.45) is 4.40 Å². The van der Waals surface area contributed by atoms with E-state index in [0.29, 0.717) is 6.42 Å². The maximum absolute atomic E-state index is 12.1. The minimum Gasteiger partial charge on any atom is -0.469 e. The fraction of sp³-hybridized carbons (Fsp3) is 0.875. The number of carbonyl (C=O) groups excluding carboxylic acids is 1. The molecule has 2 atom stereocenters. The van der Waals surface area contributed by atoms with Gasteiger partial charge >= 0.3 is 5.97 Å². The molecule has 0 aromatic rings. The summed E-state index contributed by atoms with van der Waals surface area (Å²) in [7, 11) is -1.98. The van der Waals surface area contributed by atoms with Crippen LogP contribution in [0.2, 0.25) is 18.1 Å². The summed E-state index contributed by atoms with van der Waals surface area (Å²) in [6, 6.07) is 0. The molecule has 0 amide bonds. The van der Waals surface area contributed by atoms with Crippen LogP contribution in [0.15, 0.2) is 4.40 Å². The molecule has 0 bridgehead atoms. The molecule has 0 aliphatic rings. The normalized spacial score (nSPS) is 16.4. The van der Waals surface area contributed by atoms with E-state index in [-0.39, 0.29) is 23.5 Å². The number of hydrogen-bond donors (Lipinski definition) is 0. The number of ether oxygens (including phenoxy) is 1. The lowest BCUT2D eigenvalue weighted by Crippen LogP contribution is -2.44. The van der Waals surface area contributed by atoms with Crippen LogP contribution >= 0.6 is 0 Å². The molecule has 7 heteroatoms. The Morgan fingerprint density at radius 2 is 1.74 bits per heavy atom. The zero-order chi connectivity index (χ0) is 18.5. The van der Waals surface area contributed by atoms with E-state index in [4.69, 9.17) is 9.16 Å². The Hall–Kier alpha value is -0.533. The van der Waals surface area contributed by atoms with E-state index >= 15 is 0 Å². The summed E-state index contributed by atoms with van der Waals surface area (Å²) >= 11 is 0. The lowest BCUT2D eigenvalue weighted by Gasteiger charge is -2.38. The van der Waals surface area contributed by atoms with Crippen molar-refractivity contribution < 1.29 is 18.2 Å². The van der Waals surface area contributed by atoms with E-state index in [1.165, 1.54) is 7.11 Å². The molecule has 0 aliphatic carbocycles. The Bertz CT molecular complexity index is 450. The molecule has 0 aromatic carbocycles. The van der Waals surface area contributed by atoms with Crippen LogP contribution in [-0.4, -0.2) is 42.7 Å². The summed E-state index contributed by atoms with van der Waals surface area (Å²) in [4.78, 5) is 11.4. The van der Waals surface area contributed by atoms with E-state index in [9.17, 15) is 9.00 Å². The van der Waals surface area contributed by atoms with Crippen LogP contribution in [0.1, 0.15) is 54.4 Å². The van der Waals surface area contributed by atoms with Crippen LogP contribution in [0.4, 0.5) is 0 Å². The maximum atomic E-state index is 12.1. The fourth-order valence-electron chi connectivity index (χ4n) is 1.36. The van der Waals surface area contributed by atoms with Crippen LogP contribution in [0.25, 0.3) is 0 Å². The zero-order valence-corrected chi connectivity index (χ0v) is 17.9. The second-order valence-corrected chi connectivity index (χ2v) is 14.8. The van der Waals surface area contributed by atoms with Gasteiger partial charge in [-0.05, 0) is 45.3 Å². The first-order valence-corrected chi connectivity index (χ1v) is 11.9. The van der Waals surface area contributed by atoms with E-state index in [1.807, 2.05) is 20.8 Å². The Labute approximate surface area is 145 Å². The van der Waals surface area contributed by atoms with E-state index in [1.54, 1.807) is 6.21 Å². The van der Waals surface area contributed by atoms with Crippen LogP contribution in [0, 0.1) is 0 Å². The topological polar surface area (TPSA) is 65.0 Å². The molecule has 5 nitrogen and oxygen atoms in total. The van der Waals surface area contributed by atoms with Gasteiger partial charge in [-0.1, -0.05) is 20.8 Å². The third-order valence-corrected chi connectivity index (χ3v) is 9.82. The van der Waals surface area contributed by atoms with Crippen molar-refractivity contribution in [3.8, 4) is 0 Å². The number of carbonyl (C=O) groups is 1. The third kappa shape index (κ3) is 8.22.